The van der Waals surface area contributed by atoms with Crippen molar-refractivity contribution in [1.82, 2.24) is 9.62 Å². The molecule has 0 aromatic heterocycles. The molecule has 1 heterocycles. The summed E-state index contributed by atoms with van der Waals surface area (Å²) in [4.78, 5) is 14.4. The lowest BCUT2D eigenvalue weighted by molar-refractivity contribution is -0.118. The van der Waals surface area contributed by atoms with Crippen molar-refractivity contribution in [2.45, 2.75) is 38.1 Å². The molecule has 1 aliphatic rings. The Balaban J connectivity index is 1.46. The van der Waals surface area contributed by atoms with Crippen molar-refractivity contribution in [3.63, 3.8) is 0 Å². The Hall–Kier alpha value is -2.22. The van der Waals surface area contributed by atoms with E-state index in [1.54, 1.807) is 12.1 Å². The lowest BCUT2D eigenvalue weighted by Crippen LogP contribution is -2.38. The van der Waals surface area contributed by atoms with Gasteiger partial charge in [0.05, 0.1) is 4.90 Å². The summed E-state index contributed by atoms with van der Waals surface area (Å²) in [5.74, 6) is 0.118. The van der Waals surface area contributed by atoms with Gasteiger partial charge in [-0.15, -0.1) is 0 Å². The fourth-order valence-corrected chi connectivity index (χ4v) is 4.62. The van der Waals surface area contributed by atoms with Crippen molar-refractivity contribution in [1.29, 1.82) is 0 Å². The zero-order valence-corrected chi connectivity index (χ0v) is 18.5. The Labute approximate surface area is 179 Å². The molecular formula is C23H31N3O3S. The molecule has 3 rings (SSSR count). The summed E-state index contributed by atoms with van der Waals surface area (Å²) >= 11 is 0. The van der Waals surface area contributed by atoms with E-state index in [9.17, 15) is 13.2 Å². The van der Waals surface area contributed by atoms with Gasteiger partial charge in [-0.2, -0.15) is 0 Å². The van der Waals surface area contributed by atoms with Crippen molar-refractivity contribution in [3.8, 4) is 0 Å². The summed E-state index contributed by atoms with van der Waals surface area (Å²) in [6.45, 7) is 6.97. The van der Waals surface area contributed by atoms with E-state index in [-0.39, 0.29) is 16.7 Å². The number of amides is 1. The number of likely N-dealkylation sites (tertiary alicyclic amines) is 1. The van der Waals surface area contributed by atoms with Gasteiger partial charge in [0.1, 0.15) is 0 Å². The summed E-state index contributed by atoms with van der Waals surface area (Å²) < 4.78 is 28.0. The highest BCUT2D eigenvalue weighted by Crippen LogP contribution is 2.20. The number of sulfonamides is 1. The monoisotopic (exact) mass is 429 g/mol. The third-order valence-electron chi connectivity index (χ3n) is 5.47. The number of hydrogen-bond acceptors (Lipinski definition) is 4. The number of benzene rings is 2. The first-order valence-electron chi connectivity index (χ1n) is 10.5. The predicted octanol–water partition coefficient (Wildman–Crippen LogP) is 3.47. The highest BCUT2D eigenvalue weighted by molar-refractivity contribution is 7.89. The molecule has 0 unspecified atom stereocenters. The molecule has 1 saturated heterocycles. The molecular weight excluding hydrogens is 398 g/mol. The van der Waals surface area contributed by atoms with Crippen molar-refractivity contribution >= 4 is 21.6 Å². The van der Waals surface area contributed by atoms with Crippen molar-refractivity contribution in [2.24, 2.45) is 11.8 Å². The van der Waals surface area contributed by atoms with Crippen LogP contribution in [0.3, 0.4) is 0 Å². The highest BCUT2D eigenvalue weighted by atomic mass is 32.2. The number of nitrogens with zero attached hydrogens (tertiary/aromatic N) is 1. The minimum Gasteiger partial charge on any atom is -0.326 e. The number of carbonyl (C=O) groups is 1. The summed E-state index contributed by atoms with van der Waals surface area (Å²) in [7, 11) is -3.56. The number of nitrogens with one attached hydrogen (secondary N) is 2. The van der Waals surface area contributed by atoms with Gasteiger partial charge in [0.25, 0.3) is 0 Å². The summed E-state index contributed by atoms with van der Waals surface area (Å²) in [6.07, 6.45) is 1.96. The SMILES string of the molecule is CC(C)C(=O)Nc1ccc(S(=O)(=O)NCC2CCN(Cc3ccccc3)CC2)cc1. The summed E-state index contributed by atoms with van der Waals surface area (Å²) in [5.41, 5.74) is 1.91. The normalized spacial score (nSPS) is 16.0. The first kappa shape index (κ1) is 22.5. The van der Waals surface area contributed by atoms with Crippen molar-refractivity contribution in [2.75, 3.05) is 25.0 Å². The molecule has 162 valence electrons. The van der Waals surface area contributed by atoms with Gasteiger partial charge in [0.2, 0.25) is 15.9 Å². The van der Waals surface area contributed by atoms with Crippen LogP contribution in [0.4, 0.5) is 5.69 Å². The smallest absolute Gasteiger partial charge is 0.240 e. The van der Waals surface area contributed by atoms with Crippen LogP contribution in [0.1, 0.15) is 32.3 Å². The molecule has 6 nitrogen and oxygen atoms in total. The van der Waals surface area contributed by atoms with E-state index < -0.39 is 10.0 Å². The van der Waals surface area contributed by atoms with Crippen LogP contribution in [0.25, 0.3) is 0 Å². The van der Waals surface area contributed by atoms with Gasteiger partial charge in [0, 0.05) is 24.7 Å². The minimum absolute atomic E-state index is 0.0951. The lowest BCUT2D eigenvalue weighted by Gasteiger charge is -2.32. The van der Waals surface area contributed by atoms with E-state index in [0.29, 0.717) is 18.2 Å². The first-order valence-corrected chi connectivity index (χ1v) is 12.0. The number of piperidine rings is 1. The number of rotatable bonds is 8. The lowest BCUT2D eigenvalue weighted by atomic mass is 9.97. The van der Waals surface area contributed by atoms with Crippen LogP contribution in [-0.2, 0) is 21.4 Å². The zero-order chi connectivity index (χ0) is 21.6. The van der Waals surface area contributed by atoms with Gasteiger partial charge in [-0.05, 0) is 61.7 Å². The Bertz CT molecular complexity index is 920. The van der Waals surface area contributed by atoms with E-state index in [1.165, 1.54) is 17.7 Å². The minimum atomic E-state index is -3.56. The molecule has 1 amide bonds. The molecule has 0 spiro atoms. The third kappa shape index (κ3) is 6.39. The Kier molecular flexibility index (Phi) is 7.64. The second-order valence-corrected chi connectivity index (χ2v) is 9.99. The molecule has 0 aliphatic carbocycles. The molecule has 1 fully saturated rings. The Morgan fingerprint density at radius 2 is 1.67 bits per heavy atom. The molecule has 0 atom stereocenters. The molecule has 2 aromatic rings. The maximum absolute atomic E-state index is 12.6. The molecule has 2 aromatic carbocycles. The zero-order valence-electron chi connectivity index (χ0n) is 17.7. The maximum Gasteiger partial charge on any atom is 0.240 e. The van der Waals surface area contributed by atoms with E-state index in [0.717, 1.165) is 32.5 Å². The molecule has 0 bridgehead atoms. The van der Waals surface area contributed by atoms with Crippen molar-refractivity contribution in [3.05, 3.63) is 60.2 Å². The van der Waals surface area contributed by atoms with Crippen LogP contribution >= 0.6 is 0 Å². The van der Waals surface area contributed by atoms with Crippen LogP contribution in [0, 0.1) is 11.8 Å². The second-order valence-electron chi connectivity index (χ2n) is 8.23. The summed E-state index contributed by atoms with van der Waals surface area (Å²) in [5, 5.41) is 2.77. The molecule has 7 heteroatoms. The number of anilines is 1. The average Bonchev–Trinajstić information content (AvgIpc) is 2.74. The van der Waals surface area contributed by atoms with Gasteiger partial charge in [-0.1, -0.05) is 44.2 Å². The van der Waals surface area contributed by atoms with Gasteiger partial charge in [-0.25, -0.2) is 13.1 Å². The van der Waals surface area contributed by atoms with Gasteiger partial charge in [0.15, 0.2) is 0 Å². The van der Waals surface area contributed by atoms with Crippen molar-refractivity contribution < 1.29 is 13.2 Å². The van der Waals surface area contributed by atoms with Gasteiger partial charge < -0.3 is 5.32 Å². The standard InChI is InChI=1S/C23H31N3O3S/c1-18(2)23(27)25-21-8-10-22(11-9-21)30(28,29)24-16-19-12-14-26(15-13-19)17-20-6-4-3-5-7-20/h3-11,18-19,24H,12-17H2,1-2H3,(H,25,27). The molecule has 1 aliphatic heterocycles. The largest absolute Gasteiger partial charge is 0.326 e. The number of carbonyl (C=O) groups excluding carboxylic acids is 1. The average molecular weight is 430 g/mol. The first-order chi connectivity index (χ1) is 14.3. The van der Waals surface area contributed by atoms with Crippen LogP contribution in [0.2, 0.25) is 0 Å². The molecule has 30 heavy (non-hydrogen) atoms. The van der Waals surface area contributed by atoms with Crippen LogP contribution < -0.4 is 10.0 Å². The third-order valence-corrected chi connectivity index (χ3v) is 6.91. The van der Waals surface area contributed by atoms with E-state index >= 15 is 0 Å². The molecule has 0 saturated carbocycles. The predicted molar refractivity (Wildman–Crippen MR) is 120 cm³/mol. The van der Waals surface area contributed by atoms with Crippen LogP contribution in [-0.4, -0.2) is 38.9 Å². The fourth-order valence-electron chi connectivity index (χ4n) is 3.51. The maximum atomic E-state index is 12.6. The molecule has 2 N–H and O–H groups in total. The van der Waals surface area contributed by atoms with Gasteiger partial charge >= 0.3 is 0 Å². The Morgan fingerprint density at radius 1 is 1.03 bits per heavy atom. The van der Waals surface area contributed by atoms with E-state index in [1.807, 2.05) is 19.9 Å². The highest BCUT2D eigenvalue weighted by Gasteiger charge is 2.22. The fraction of sp³-hybridized carbons (Fsp3) is 0.435. The Morgan fingerprint density at radius 3 is 2.27 bits per heavy atom. The summed E-state index contributed by atoms with van der Waals surface area (Å²) in [6, 6.07) is 16.7. The van der Waals surface area contributed by atoms with Crippen LogP contribution in [0.5, 0.6) is 0 Å². The van der Waals surface area contributed by atoms with Crippen LogP contribution in [0.15, 0.2) is 59.5 Å². The van der Waals surface area contributed by atoms with Gasteiger partial charge in [-0.3, -0.25) is 9.69 Å². The quantitative estimate of drug-likeness (QED) is 0.674. The van der Waals surface area contributed by atoms with E-state index in [2.05, 4.69) is 39.2 Å². The van der Waals surface area contributed by atoms with E-state index in [4.69, 9.17) is 0 Å². The molecule has 0 radical (unpaired) electrons. The second kappa shape index (κ2) is 10.2. The number of hydrogen-bond donors (Lipinski definition) is 2. The topological polar surface area (TPSA) is 78.5 Å².